The molecule has 3 aromatic rings. The Kier molecular flexibility index (Phi) is 6.50. The quantitative estimate of drug-likeness (QED) is 0.556. The monoisotopic (exact) mass is 468 g/mol. The molecule has 9 heteroatoms. The van der Waals surface area contributed by atoms with Crippen molar-refractivity contribution in [3.63, 3.8) is 0 Å². The molecule has 0 spiro atoms. The summed E-state index contributed by atoms with van der Waals surface area (Å²) in [4.78, 5) is 40.4. The van der Waals surface area contributed by atoms with Gasteiger partial charge in [-0.1, -0.05) is 24.3 Å². The van der Waals surface area contributed by atoms with Crippen LogP contribution in [-0.4, -0.2) is 50.2 Å². The van der Waals surface area contributed by atoms with Crippen molar-refractivity contribution in [1.82, 2.24) is 4.90 Å². The molecule has 0 aliphatic carbocycles. The minimum atomic E-state index is -0.498. The summed E-state index contributed by atoms with van der Waals surface area (Å²) in [6, 6.07) is 11.3. The molecule has 0 saturated carbocycles. The summed E-state index contributed by atoms with van der Waals surface area (Å²) in [5.74, 6) is -0.462. The van der Waals surface area contributed by atoms with Crippen LogP contribution in [0.4, 0.5) is 9.80 Å². The first-order valence-electron chi connectivity index (χ1n) is 10.5. The minimum absolute atomic E-state index is 0.212. The first-order chi connectivity index (χ1) is 16.0. The Morgan fingerprint density at radius 1 is 1.12 bits per heavy atom. The van der Waals surface area contributed by atoms with E-state index in [1.165, 1.54) is 25.6 Å². The summed E-state index contributed by atoms with van der Waals surface area (Å²) < 4.78 is 15.5. The molecule has 2 aromatic carbocycles. The van der Waals surface area contributed by atoms with Gasteiger partial charge in [0.25, 0.3) is 5.91 Å². The van der Waals surface area contributed by atoms with Gasteiger partial charge in [-0.15, -0.1) is 11.3 Å². The molecule has 0 unspecified atom stereocenters. The van der Waals surface area contributed by atoms with Crippen LogP contribution in [0.15, 0.2) is 36.4 Å². The van der Waals surface area contributed by atoms with Gasteiger partial charge in [0.05, 0.1) is 38.5 Å². The molecule has 2 amide bonds. The van der Waals surface area contributed by atoms with Gasteiger partial charge in [-0.3, -0.25) is 4.79 Å². The molecule has 4 rings (SSSR count). The maximum Gasteiger partial charge on any atom is 0.409 e. The predicted octanol–water partition coefficient (Wildman–Crippen LogP) is 4.46. The van der Waals surface area contributed by atoms with Crippen LogP contribution in [0.3, 0.4) is 0 Å². The first-order valence-corrected chi connectivity index (χ1v) is 11.3. The minimum Gasteiger partial charge on any atom is -0.496 e. The van der Waals surface area contributed by atoms with Gasteiger partial charge in [-0.05, 0) is 41.8 Å². The fraction of sp³-hybridized carbons (Fsp3) is 0.292. The van der Waals surface area contributed by atoms with Crippen LogP contribution in [0, 0.1) is 0 Å². The van der Waals surface area contributed by atoms with Gasteiger partial charge in [0.15, 0.2) is 0 Å². The van der Waals surface area contributed by atoms with E-state index in [9.17, 15) is 14.4 Å². The third-order valence-electron chi connectivity index (χ3n) is 5.51. The third-order valence-corrected chi connectivity index (χ3v) is 6.64. The zero-order valence-corrected chi connectivity index (χ0v) is 19.4. The Labute approximate surface area is 195 Å². The summed E-state index contributed by atoms with van der Waals surface area (Å²) >= 11 is 1.26. The number of hydrogen-bond donors (Lipinski definition) is 1. The molecule has 1 N–H and O–H groups in total. The topological polar surface area (TPSA) is 94.2 Å². The van der Waals surface area contributed by atoms with Gasteiger partial charge >= 0.3 is 12.1 Å². The Morgan fingerprint density at radius 3 is 2.52 bits per heavy atom. The lowest BCUT2D eigenvalue weighted by Gasteiger charge is -2.25. The van der Waals surface area contributed by atoms with Crippen molar-refractivity contribution in [3.8, 4) is 5.75 Å². The highest BCUT2D eigenvalue weighted by molar-refractivity contribution is 7.17. The Morgan fingerprint density at radius 2 is 1.85 bits per heavy atom. The van der Waals surface area contributed by atoms with Crippen LogP contribution in [0.5, 0.6) is 5.75 Å². The van der Waals surface area contributed by atoms with Crippen molar-refractivity contribution in [2.75, 3.05) is 32.7 Å². The van der Waals surface area contributed by atoms with Crippen LogP contribution >= 0.6 is 11.3 Å². The van der Waals surface area contributed by atoms with Crippen LogP contribution in [0.2, 0.25) is 0 Å². The SMILES string of the molecule is CCOC(=O)c1c(NC(=O)c2cc3ccccc3cc2OC)sc2c1CCN(C(=O)OC)C2. The fourth-order valence-corrected chi connectivity index (χ4v) is 5.18. The molecule has 33 heavy (non-hydrogen) atoms. The first kappa shape index (κ1) is 22.6. The van der Waals surface area contributed by atoms with E-state index in [-0.39, 0.29) is 6.61 Å². The van der Waals surface area contributed by atoms with Gasteiger partial charge in [-0.2, -0.15) is 0 Å². The van der Waals surface area contributed by atoms with E-state index in [1.54, 1.807) is 17.9 Å². The maximum atomic E-state index is 13.3. The van der Waals surface area contributed by atoms with E-state index in [0.29, 0.717) is 41.4 Å². The number of methoxy groups -OCH3 is 2. The van der Waals surface area contributed by atoms with Crippen LogP contribution in [-0.2, 0) is 22.4 Å². The number of carbonyl (C=O) groups excluding carboxylic acids is 3. The lowest BCUT2D eigenvalue weighted by molar-refractivity contribution is 0.0526. The number of amides is 2. The molecule has 0 radical (unpaired) electrons. The maximum absolute atomic E-state index is 13.3. The highest BCUT2D eigenvalue weighted by Crippen LogP contribution is 2.38. The van der Waals surface area contributed by atoms with Crippen molar-refractivity contribution in [2.24, 2.45) is 0 Å². The van der Waals surface area contributed by atoms with Crippen molar-refractivity contribution < 1.29 is 28.6 Å². The fourth-order valence-electron chi connectivity index (χ4n) is 3.93. The van der Waals surface area contributed by atoms with Crippen LogP contribution < -0.4 is 10.1 Å². The van der Waals surface area contributed by atoms with Gasteiger partial charge in [0.2, 0.25) is 0 Å². The lowest BCUT2D eigenvalue weighted by atomic mass is 10.0. The number of fused-ring (bicyclic) bond motifs is 2. The highest BCUT2D eigenvalue weighted by atomic mass is 32.1. The zero-order chi connectivity index (χ0) is 23.5. The van der Waals surface area contributed by atoms with E-state index in [0.717, 1.165) is 21.2 Å². The average Bonchev–Trinajstić information content (AvgIpc) is 3.19. The molecule has 172 valence electrons. The summed E-state index contributed by atoms with van der Waals surface area (Å²) in [6.07, 6.45) is 0.0303. The number of benzene rings is 2. The van der Waals surface area contributed by atoms with E-state index in [4.69, 9.17) is 14.2 Å². The van der Waals surface area contributed by atoms with Gasteiger partial charge in [0.1, 0.15) is 10.8 Å². The van der Waals surface area contributed by atoms with Crippen molar-refractivity contribution in [3.05, 3.63) is 58.0 Å². The summed E-state index contributed by atoms with van der Waals surface area (Å²) in [5, 5.41) is 5.13. The normalized spacial score (nSPS) is 12.8. The molecule has 1 aromatic heterocycles. The van der Waals surface area contributed by atoms with Gasteiger partial charge < -0.3 is 24.4 Å². The summed E-state index contributed by atoms with van der Waals surface area (Å²) in [6.45, 7) is 2.65. The molecule has 1 aliphatic heterocycles. The molecular weight excluding hydrogens is 444 g/mol. The molecule has 0 saturated heterocycles. The van der Waals surface area contributed by atoms with Crippen molar-refractivity contribution >= 4 is 45.1 Å². The Balaban J connectivity index is 1.71. The Bertz CT molecular complexity index is 1240. The number of carbonyl (C=O) groups is 3. The molecule has 8 nitrogen and oxygen atoms in total. The Hall–Kier alpha value is -3.59. The van der Waals surface area contributed by atoms with Gasteiger partial charge in [-0.25, -0.2) is 9.59 Å². The van der Waals surface area contributed by atoms with E-state index in [2.05, 4.69) is 5.32 Å². The number of esters is 1. The standard InChI is InChI=1S/C24H24N2O6S/c1-4-32-23(28)20-16-9-10-26(24(29)31-3)13-19(16)33-22(20)25-21(27)17-11-14-7-5-6-8-15(14)12-18(17)30-2/h5-8,11-12H,4,9-10,13H2,1-3H3,(H,25,27). The van der Waals surface area contributed by atoms with Crippen LogP contribution in [0.1, 0.15) is 38.1 Å². The summed E-state index contributed by atoms with van der Waals surface area (Å²) in [5.41, 5.74) is 1.49. The van der Waals surface area contributed by atoms with E-state index < -0.39 is 18.0 Å². The average molecular weight is 469 g/mol. The number of nitrogens with one attached hydrogen (secondary N) is 1. The highest BCUT2D eigenvalue weighted by Gasteiger charge is 2.31. The van der Waals surface area contributed by atoms with E-state index in [1.807, 2.05) is 30.3 Å². The predicted molar refractivity (Wildman–Crippen MR) is 125 cm³/mol. The molecule has 0 fully saturated rings. The lowest BCUT2D eigenvalue weighted by Crippen LogP contribution is -2.35. The number of thiophene rings is 1. The number of ether oxygens (including phenoxy) is 3. The number of hydrogen-bond acceptors (Lipinski definition) is 7. The number of rotatable bonds is 5. The third kappa shape index (κ3) is 4.36. The molecule has 2 heterocycles. The number of nitrogens with zero attached hydrogens (tertiary/aromatic N) is 1. The largest absolute Gasteiger partial charge is 0.496 e. The second-order valence-corrected chi connectivity index (χ2v) is 8.53. The molecule has 0 bridgehead atoms. The second kappa shape index (κ2) is 9.50. The van der Waals surface area contributed by atoms with Crippen molar-refractivity contribution in [2.45, 2.75) is 19.9 Å². The van der Waals surface area contributed by atoms with Gasteiger partial charge in [0, 0.05) is 11.4 Å². The molecular formula is C24H24N2O6S. The van der Waals surface area contributed by atoms with Crippen molar-refractivity contribution in [1.29, 1.82) is 0 Å². The number of anilines is 1. The molecule has 1 aliphatic rings. The van der Waals surface area contributed by atoms with E-state index >= 15 is 0 Å². The summed E-state index contributed by atoms with van der Waals surface area (Å²) in [7, 11) is 2.84. The molecule has 0 atom stereocenters. The second-order valence-electron chi connectivity index (χ2n) is 7.42. The smallest absolute Gasteiger partial charge is 0.409 e. The van der Waals surface area contributed by atoms with Crippen LogP contribution in [0.25, 0.3) is 10.8 Å². The zero-order valence-electron chi connectivity index (χ0n) is 18.6.